The summed E-state index contributed by atoms with van der Waals surface area (Å²) in [7, 11) is 0. The van der Waals surface area contributed by atoms with E-state index in [1.54, 1.807) is 0 Å². The number of rotatable bonds is 8. The molecule has 6 nitrogen and oxygen atoms in total. The molecule has 0 radical (unpaired) electrons. The smallest absolute Gasteiger partial charge is 0.357 e. The molecular weight excluding hydrogens is 389 g/mol. The van der Waals surface area contributed by atoms with Crippen molar-refractivity contribution in [2.45, 2.75) is 39.4 Å². The van der Waals surface area contributed by atoms with Crippen LogP contribution in [0.4, 0.5) is 13.2 Å². The third-order valence-corrected chi connectivity index (χ3v) is 5.72. The number of aliphatic imine (C=N–C) groups is 1. The number of hydrogen-bond donors (Lipinski definition) is 2. The molecule has 1 saturated heterocycles. The minimum atomic E-state index is -4.38. The second kappa shape index (κ2) is 11.0. The van der Waals surface area contributed by atoms with Crippen LogP contribution < -0.4 is 10.6 Å². The molecule has 2 heterocycles. The number of halogens is 3. The van der Waals surface area contributed by atoms with Crippen molar-refractivity contribution in [3.8, 4) is 0 Å². The molecule has 28 heavy (non-hydrogen) atoms. The Morgan fingerprint density at radius 2 is 1.96 bits per heavy atom. The van der Waals surface area contributed by atoms with Crippen molar-refractivity contribution in [2.24, 2.45) is 4.99 Å². The number of nitrogens with zero attached hydrogens (tertiary/aromatic N) is 4. The monoisotopic (exact) mass is 420 g/mol. The van der Waals surface area contributed by atoms with Gasteiger partial charge < -0.3 is 15.5 Å². The van der Waals surface area contributed by atoms with E-state index >= 15 is 0 Å². The quantitative estimate of drug-likeness (QED) is 0.499. The lowest BCUT2D eigenvalue weighted by Gasteiger charge is -2.37. The number of aromatic nitrogens is 1. The van der Waals surface area contributed by atoms with Gasteiger partial charge in [-0.3, -0.25) is 9.89 Å². The fraction of sp³-hybridized carbons (Fsp3) is 0.778. The Kier molecular flexibility index (Phi) is 8.97. The Bertz CT molecular complexity index is 611. The molecule has 2 rings (SSSR count). The molecule has 0 saturated carbocycles. The summed E-state index contributed by atoms with van der Waals surface area (Å²) < 4.78 is 37.8. The predicted octanol–water partition coefficient (Wildman–Crippen LogP) is 2.29. The molecule has 0 spiro atoms. The van der Waals surface area contributed by atoms with Gasteiger partial charge in [0.05, 0.1) is 11.6 Å². The first-order valence-corrected chi connectivity index (χ1v) is 10.7. The van der Waals surface area contributed by atoms with Gasteiger partial charge in [-0.2, -0.15) is 13.2 Å². The van der Waals surface area contributed by atoms with Crippen molar-refractivity contribution in [2.75, 3.05) is 52.4 Å². The van der Waals surface area contributed by atoms with Gasteiger partial charge in [-0.05, 0) is 20.4 Å². The van der Waals surface area contributed by atoms with Gasteiger partial charge in [-0.25, -0.2) is 4.98 Å². The van der Waals surface area contributed by atoms with Crippen LogP contribution in [0.3, 0.4) is 0 Å². The van der Waals surface area contributed by atoms with E-state index in [9.17, 15) is 13.2 Å². The van der Waals surface area contributed by atoms with Crippen molar-refractivity contribution in [3.63, 3.8) is 0 Å². The summed E-state index contributed by atoms with van der Waals surface area (Å²) in [6.07, 6.45) is -3.95. The Morgan fingerprint density at radius 3 is 2.54 bits per heavy atom. The van der Waals surface area contributed by atoms with Crippen molar-refractivity contribution < 1.29 is 13.2 Å². The second-order valence-electron chi connectivity index (χ2n) is 6.84. The number of guanidine groups is 1. The first kappa shape index (κ1) is 22.9. The summed E-state index contributed by atoms with van der Waals surface area (Å²) in [4.78, 5) is 13.2. The highest BCUT2D eigenvalue weighted by molar-refractivity contribution is 7.09. The van der Waals surface area contributed by atoms with Gasteiger partial charge in [0.25, 0.3) is 0 Å². The molecule has 1 aliphatic rings. The summed E-state index contributed by atoms with van der Waals surface area (Å²) in [5, 5.41) is 7.91. The Balaban J connectivity index is 1.79. The van der Waals surface area contributed by atoms with E-state index in [2.05, 4.69) is 44.3 Å². The molecule has 0 bridgehead atoms. The highest BCUT2D eigenvalue weighted by Gasteiger charge is 2.33. The maximum absolute atomic E-state index is 12.6. The van der Waals surface area contributed by atoms with Crippen molar-refractivity contribution >= 4 is 17.3 Å². The van der Waals surface area contributed by atoms with Gasteiger partial charge in [0.2, 0.25) is 0 Å². The molecule has 1 fully saturated rings. The molecule has 1 unspecified atom stereocenters. The lowest BCUT2D eigenvalue weighted by molar-refractivity contribution is -0.140. The highest BCUT2D eigenvalue weighted by atomic mass is 32.1. The first-order chi connectivity index (χ1) is 13.3. The first-order valence-electron chi connectivity index (χ1n) is 9.83. The van der Waals surface area contributed by atoms with Crippen molar-refractivity contribution in [1.29, 1.82) is 0 Å². The van der Waals surface area contributed by atoms with Crippen LogP contribution >= 0.6 is 11.3 Å². The zero-order chi connectivity index (χ0) is 20.6. The summed E-state index contributed by atoms with van der Waals surface area (Å²) in [6.45, 7) is 13.6. The van der Waals surface area contributed by atoms with Crippen LogP contribution in [0.1, 0.15) is 31.5 Å². The van der Waals surface area contributed by atoms with Crippen LogP contribution in [0.2, 0.25) is 0 Å². The Morgan fingerprint density at radius 1 is 1.25 bits per heavy atom. The SMILES string of the molecule is CCNC(=NCC(C)N1CCN(CC)CC1)NCCc1nc(C(F)(F)F)cs1. The molecule has 160 valence electrons. The third-order valence-electron chi connectivity index (χ3n) is 4.81. The maximum Gasteiger partial charge on any atom is 0.434 e. The summed E-state index contributed by atoms with van der Waals surface area (Å²) in [6, 6.07) is 0.350. The van der Waals surface area contributed by atoms with Gasteiger partial charge in [0, 0.05) is 57.1 Å². The maximum atomic E-state index is 12.6. The zero-order valence-electron chi connectivity index (χ0n) is 16.8. The molecule has 1 aromatic rings. The normalized spacial score (nSPS) is 18.3. The number of nitrogens with one attached hydrogen (secondary N) is 2. The third kappa shape index (κ3) is 7.21. The minimum Gasteiger partial charge on any atom is -0.357 e. The van der Waals surface area contributed by atoms with Gasteiger partial charge in [0.15, 0.2) is 11.7 Å². The van der Waals surface area contributed by atoms with E-state index in [1.807, 2.05) is 6.92 Å². The molecule has 1 aliphatic heterocycles. The molecular formula is C18H31F3N6S. The van der Waals surface area contributed by atoms with Crippen LogP contribution in [0, 0.1) is 0 Å². The molecule has 0 amide bonds. The van der Waals surface area contributed by atoms with E-state index in [0.717, 1.165) is 56.0 Å². The predicted molar refractivity (Wildman–Crippen MR) is 108 cm³/mol. The number of thiazole rings is 1. The largest absolute Gasteiger partial charge is 0.434 e. The van der Waals surface area contributed by atoms with Crippen LogP contribution in [-0.4, -0.2) is 79.1 Å². The minimum absolute atomic E-state index is 0.350. The van der Waals surface area contributed by atoms with Gasteiger partial charge in [-0.1, -0.05) is 6.92 Å². The topological polar surface area (TPSA) is 55.8 Å². The lowest BCUT2D eigenvalue weighted by Crippen LogP contribution is -2.50. The zero-order valence-corrected chi connectivity index (χ0v) is 17.7. The van der Waals surface area contributed by atoms with Crippen LogP contribution in [0.25, 0.3) is 0 Å². The van der Waals surface area contributed by atoms with E-state index in [1.165, 1.54) is 0 Å². The fourth-order valence-corrected chi connectivity index (χ4v) is 3.85. The van der Waals surface area contributed by atoms with E-state index in [-0.39, 0.29) is 0 Å². The van der Waals surface area contributed by atoms with Crippen LogP contribution in [0.15, 0.2) is 10.4 Å². The van der Waals surface area contributed by atoms with Gasteiger partial charge >= 0.3 is 6.18 Å². The number of piperazine rings is 1. The van der Waals surface area contributed by atoms with Gasteiger partial charge in [0.1, 0.15) is 0 Å². The summed E-state index contributed by atoms with van der Waals surface area (Å²) >= 11 is 1.04. The molecule has 1 aromatic heterocycles. The lowest BCUT2D eigenvalue weighted by atomic mass is 10.2. The summed E-state index contributed by atoms with van der Waals surface area (Å²) in [5.41, 5.74) is -0.815. The van der Waals surface area contributed by atoms with Crippen molar-refractivity contribution in [3.05, 3.63) is 16.1 Å². The fourth-order valence-electron chi connectivity index (χ4n) is 3.04. The number of likely N-dealkylation sites (N-methyl/N-ethyl adjacent to an activating group) is 1. The average molecular weight is 421 g/mol. The molecule has 0 aliphatic carbocycles. The molecule has 1 atom stereocenters. The average Bonchev–Trinajstić information content (AvgIpc) is 3.15. The molecule has 10 heteroatoms. The molecule has 2 N–H and O–H groups in total. The van der Waals surface area contributed by atoms with Crippen LogP contribution in [0.5, 0.6) is 0 Å². The second-order valence-corrected chi connectivity index (χ2v) is 7.78. The van der Waals surface area contributed by atoms with E-state index in [4.69, 9.17) is 0 Å². The van der Waals surface area contributed by atoms with Gasteiger partial charge in [-0.15, -0.1) is 11.3 Å². The van der Waals surface area contributed by atoms with E-state index < -0.39 is 11.9 Å². The molecule has 0 aromatic carbocycles. The van der Waals surface area contributed by atoms with Crippen molar-refractivity contribution in [1.82, 2.24) is 25.4 Å². The Hall–Kier alpha value is -1.39. The number of hydrogen-bond acceptors (Lipinski definition) is 5. The Labute approximate surface area is 169 Å². The summed E-state index contributed by atoms with van der Waals surface area (Å²) in [5.74, 6) is 0.689. The standard InChI is InChI=1S/C18H31F3N6S/c1-4-22-17(23-7-6-16-25-15(13-28-16)18(19,20)21)24-12-14(3)27-10-8-26(5-2)9-11-27/h13-14H,4-12H2,1-3H3,(H2,22,23,24). The highest BCUT2D eigenvalue weighted by Crippen LogP contribution is 2.29. The van der Waals surface area contributed by atoms with E-state index in [0.29, 0.717) is 36.5 Å². The number of alkyl halides is 3. The van der Waals surface area contributed by atoms with Crippen LogP contribution in [-0.2, 0) is 12.6 Å².